The number of ether oxygens (including phenoxy) is 1. The Morgan fingerprint density at radius 2 is 1.75 bits per heavy atom. The second kappa shape index (κ2) is 9.03. The molecule has 3 rings (SSSR count). The average molecular weight is 426 g/mol. The van der Waals surface area contributed by atoms with E-state index in [0.29, 0.717) is 13.1 Å². The molecule has 1 aliphatic rings. The van der Waals surface area contributed by atoms with Crippen molar-refractivity contribution < 1.29 is 22.3 Å². The van der Waals surface area contributed by atoms with Gasteiger partial charge in [0.15, 0.2) is 0 Å². The molecule has 0 atom stereocenters. The van der Waals surface area contributed by atoms with Gasteiger partial charge in [0.2, 0.25) is 10.0 Å². The SMILES string of the molecule is O=C(OCc1c(F)cccc1Cl)c1cccc(S(=O)(=O)N2CCCCCC2)c1. The minimum atomic E-state index is -3.68. The molecule has 0 bridgehead atoms. The van der Waals surface area contributed by atoms with Crippen molar-refractivity contribution in [3.8, 4) is 0 Å². The maximum atomic E-state index is 13.8. The van der Waals surface area contributed by atoms with Crippen LogP contribution in [0.5, 0.6) is 0 Å². The van der Waals surface area contributed by atoms with Gasteiger partial charge in [-0.25, -0.2) is 17.6 Å². The number of carbonyl (C=O) groups excluding carboxylic acids is 1. The summed E-state index contributed by atoms with van der Waals surface area (Å²) in [6, 6.07) is 9.91. The molecule has 0 spiro atoms. The Bertz CT molecular complexity index is 936. The first-order chi connectivity index (χ1) is 13.4. The minimum absolute atomic E-state index is 0.0489. The fourth-order valence-electron chi connectivity index (χ4n) is 3.11. The van der Waals surface area contributed by atoms with Gasteiger partial charge in [-0.15, -0.1) is 0 Å². The van der Waals surface area contributed by atoms with Crippen molar-refractivity contribution in [2.75, 3.05) is 13.1 Å². The van der Waals surface area contributed by atoms with E-state index >= 15 is 0 Å². The Morgan fingerprint density at radius 1 is 1.07 bits per heavy atom. The van der Waals surface area contributed by atoms with Crippen molar-refractivity contribution in [2.24, 2.45) is 0 Å². The van der Waals surface area contributed by atoms with E-state index in [-0.39, 0.29) is 27.7 Å². The molecule has 0 N–H and O–H groups in total. The number of nitrogens with zero attached hydrogens (tertiary/aromatic N) is 1. The summed E-state index contributed by atoms with van der Waals surface area (Å²) in [6.07, 6.45) is 3.67. The molecule has 2 aromatic carbocycles. The van der Waals surface area contributed by atoms with Crippen LogP contribution in [0.3, 0.4) is 0 Å². The smallest absolute Gasteiger partial charge is 0.338 e. The summed E-state index contributed by atoms with van der Waals surface area (Å²) in [6.45, 7) is 0.610. The normalized spacial score (nSPS) is 15.8. The van der Waals surface area contributed by atoms with Crippen LogP contribution in [0.4, 0.5) is 4.39 Å². The number of rotatable bonds is 5. The van der Waals surface area contributed by atoms with Crippen LogP contribution in [-0.4, -0.2) is 31.8 Å². The van der Waals surface area contributed by atoms with Crippen molar-refractivity contribution in [3.05, 3.63) is 64.4 Å². The molecule has 8 heteroatoms. The Morgan fingerprint density at radius 3 is 2.43 bits per heavy atom. The van der Waals surface area contributed by atoms with Crippen LogP contribution < -0.4 is 0 Å². The number of sulfonamides is 1. The first-order valence-electron chi connectivity index (χ1n) is 9.10. The van der Waals surface area contributed by atoms with Gasteiger partial charge in [0, 0.05) is 18.7 Å². The van der Waals surface area contributed by atoms with Crippen molar-refractivity contribution in [1.82, 2.24) is 4.31 Å². The first kappa shape index (κ1) is 20.8. The average Bonchev–Trinajstić information content (AvgIpc) is 2.97. The van der Waals surface area contributed by atoms with Gasteiger partial charge in [-0.05, 0) is 43.2 Å². The molecule has 0 aliphatic carbocycles. The van der Waals surface area contributed by atoms with E-state index in [0.717, 1.165) is 25.7 Å². The maximum absolute atomic E-state index is 13.8. The van der Waals surface area contributed by atoms with Crippen LogP contribution >= 0.6 is 11.6 Å². The molecule has 0 unspecified atom stereocenters. The lowest BCUT2D eigenvalue weighted by molar-refractivity contribution is 0.0469. The third-order valence-electron chi connectivity index (χ3n) is 4.68. The molecule has 1 aliphatic heterocycles. The van der Waals surface area contributed by atoms with E-state index in [9.17, 15) is 17.6 Å². The Hall–Kier alpha value is -1.96. The minimum Gasteiger partial charge on any atom is -0.457 e. The van der Waals surface area contributed by atoms with E-state index < -0.39 is 21.8 Å². The standard InChI is InChI=1S/C20H21ClFNO4S/c21-18-9-6-10-19(22)17(18)14-27-20(24)15-7-5-8-16(13-15)28(25,26)23-11-3-1-2-4-12-23/h5-10,13H,1-4,11-12,14H2. The zero-order chi connectivity index (χ0) is 20.1. The predicted molar refractivity (Wildman–Crippen MR) is 104 cm³/mol. The van der Waals surface area contributed by atoms with Crippen LogP contribution in [-0.2, 0) is 21.4 Å². The summed E-state index contributed by atoms with van der Waals surface area (Å²) < 4.78 is 46.2. The van der Waals surface area contributed by atoms with E-state index in [4.69, 9.17) is 16.3 Å². The molecule has 0 radical (unpaired) electrons. The monoisotopic (exact) mass is 425 g/mol. The largest absolute Gasteiger partial charge is 0.457 e. The first-order valence-corrected chi connectivity index (χ1v) is 10.9. The molecular weight excluding hydrogens is 405 g/mol. The van der Waals surface area contributed by atoms with Gasteiger partial charge in [0.1, 0.15) is 12.4 Å². The summed E-state index contributed by atoms with van der Waals surface area (Å²) in [5.41, 5.74) is 0.161. The zero-order valence-corrected chi connectivity index (χ0v) is 16.8. The highest BCUT2D eigenvalue weighted by atomic mass is 35.5. The summed E-state index contributed by atoms with van der Waals surface area (Å²) in [7, 11) is -3.68. The van der Waals surface area contributed by atoms with Gasteiger partial charge in [0.05, 0.1) is 15.5 Å². The number of benzene rings is 2. The lowest BCUT2D eigenvalue weighted by atomic mass is 10.2. The lowest BCUT2D eigenvalue weighted by Gasteiger charge is -2.20. The lowest BCUT2D eigenvalue weighted by Crippen LogP contribution is -2.32. The van der Waals surface area contributed by atoms with Crippen molar-refractivity contribution in [3.63, 3.8) is 0 Å². The van der Waals surface area contributed by atoms with Gasteiger partial charge >= 0.3 is 5.97 Å². The van der Waals surface area contributed by atoms with Crippen LogP contribution in [0.25, 0.3) is 0 Å². The number of esters is 1. The predicted octanol–water partition coefficient (Wildman–Crippen LogP) is 4.40. The van der Waals surface area contributed by atoms with Crippen LogP contribution in [0.1, 0.15) is 41.6 Å². The Labute approximate surface area is 169 Å². The molecule has 0 amide bonds. The second-order valence-corrected chi connectivity index (χ2v) is 8.97. The van der Waals surface area contributed by atoms with Crippen molar-refractivity contribution >= 4 is 27.6 Å². The van der Waals surface area contributed by atoms with Gasteiger partial charge in [-0.2, -0.15) is 4.31 Å². The molecule has 1 saturated heterocycles. The zero-order valence-electron chi connectivity index (χ0n) is 15.2. The highest BCUT2D eigenvalue weighted by Crippen LogP contribution is 2.23. The summed E-state index contributed by atoms with van der Waals surface area (Å²) in [5, 5.41) is 0.158. The molecule has 0 aromatic heterocycles. The summed E-state index contributed by atoms with van der Waals surface area (Å²) in [5.74, 6) is -1.31. The van der Waals surface area contributed by atoms with Crippen molar-refractivity contribution in [2.45, 2.75) is 37.2 Å². The molecule has 0 saturated carbocycles. The third-order valence-corrected chi connectivity index (χ3v) is 6.93. The number of hydrogen-bond donors (Lipinski definition) is 0. The molecule has 1 heterocycles. The fourth-order valence-corrected chi connectivity index (χ4v) is 4.89. The number of halogens is 2. The molecule has 2 aromatic rings. The highest BCUT2D eigenvalue weighted by Gasteiger charge is 2.26. The van der Waals surface area contributed by atoms with E-state index in [1.807, 2.05) is 0 Å². The Balaban J connectivity index is 1.76. The van der Waals surface area contributed by atoms with Gasteiger partial charge in [-0.3, -0.25) is 0 Å². The van der Waals surface area contributed by atoms with Gasteiger partial charge in [0.25, 0.3) is 0 Å². The Kier molecular flexibility index (Phi) is 6.69. The highest BCUT2D eigenvalue weighted by molar-refractivity contribution is 7.89. The van der Waals surface area contributed by atoms with E-state index in [2.05, 4.69) is 0 Å². The number of hydrogen-bond acceptors (Lipinski definition) is 4. The molecule has 5 nitrogen and oxygen atoms in total. The molecule has 150 valence electrons. The topological polar surface area (TPSA) is 63.7 Å². The molecular formula is C20H21ClFNO4S. The van der Waals surface area contributed by atoms with Gasteiger partial charge in [-0.1, -0.05) is 36.6 Å². The maximum Gasteiger partial charge on any atom is 0.338 e. The van der Waals surface area contributed by atoms with E-state index in [1.165, 1.54) is 46.8 Å². The van der Waals surface area contributed by atoms with E-state index in [1.54, 1.807) is 0 Å². The summed E-state index contributed by atoms with van der Waals surface area (Å²) in [4.78, 5) is 12.4. The quantitative estimate of drug-likeness (QED) is 0.666. The third kappa shape index (κ3) is 4.71. The van der Waals surface area contributed by atoms with Crippen LogP contribution in [0.2, 0.25) is 5.02 Å². The van der Waals surface area contributed by atoms with Crippen molar-refractivity contribution in [1.29, 1.82) is 0 Å². The van der Waals surface area contributed by atoms with Crippen LogP contribution in [0, 0.1) is 5.82 Å². The number of carbonyl (C=O) groups is 1. The second-order valence-electron chi connectivity index (χ2n) is 6.62. The van der Waals surface area contributed by atoms with Crippen LogP contribution in [0.15, 0.2) is 47.4 Å². The van der Waals surface area contributed by atoms with Gasteiger partial charge < -0.3 is 4.74 Å². The fraction of sp³-hybridized carbons (Fsp3) is 0.350. The summed E-state index contributed by atoms with van der Waals surface area (Å²) >= 11 is 5.93. The molecule has 28 heavy (non-hydrogen) atoms. The molecule has 1 fully saturated rings.